The molecule has 106 valence electrons. The van der Waals surface area contributed by atoms with E-state index in [1.54, 1.807) is 6.07 Å². The first-order valence-electron chi connectivity index (χ1n) is 6.35. The van der Waals surface area contributed by atoms with Crippen LogP contribution in [0, 0.1) is 5.82 Å². The molecular weight excluding hydrogens is 247 g/mol. The Hall–Kier alpha value is -1.58. The highest BCUT2D eigenvalue weighted by atomic mass is 19.1. The van der Waals surface area contributed by atoms with Gasteiger partial charge >= 0.3 is 5.97 Å². The number of ether oxygens (including phenoxy) is 2. The van der Waals surface area contributed by atoms with Crippen molar-refractivity contribution in [3.8, 4) is 5.75 Å². The topological polar surface area (TPSA) is 35.5 Å². The average Bonchev–Trinajstić information content (AvgIpc) is 2.25. The molecule has 0 amide bonds. The summed E-state index contributed by atoms with van der Waals surface area (Å²) in [5.74, 6) is -0.0604. The van der Waals surface area contributed by atoms with Crippen molar-refractivity contribution in [1.29, 1.82) is 0 Å². The number of rotatable bonds is 5. The lowest BCUT2D eigenvalue weighted by Gasteiger charge is -2.19. The standard InChI is InChI=1S/C15H21FO3/c1-15(2,3)19-14(17)7-5-6-11-8-12(16)10-13(9-11)18-4/h8-10H,5-7H2,1-4H3. The molecule has 0 spiro atoms. The zero-order valence-corrected chi connectivity index (χ0v) is 12.0. The number of benzene rings is 1. The molecule has 0 atom stereocenters. The van der Waals surface area contributed by atoms with Gasteiger partial charge in [-0.15, -0.1) is 0 Å². The number of aryl methyl sites for hydroxylation is 1. The predicted molar refractivity (Wildman–Crippen MR) is 71.7 cm³/mol. The summed E-state index contributed by atoms with van der Waals surface area (Å²) >= 11 is 0. The Balaban J connectivity index is 2.45. The summed E-state index contributed by atoms with van der Waals surface area (Å²) in [5, 5.41) is 0. The summed E-state index contributed by atoms with van der Waals surface area (Å²) in [6.45, 7) is 5.51. The Morgan fingerprint density at radius 1 is 1.26 bits per heavy atom. The molecule has 0 aromatic heterocycles. The lowest BCUT2D eigenvalue weighted by molar-refractivity contribution is -0.154. The molecule has 4 heteroatoms. The van der Waals surface area contributed by atoms with Crippen LogP contribution < -0.4 is 4.74 Å². The molecule has 0 unspecified atom stereocenters. The average molecular weight is 268 g/mol. The molecule has 0 aliphatic heterocycles. The minimum atomic E-state index is -0.459. The summed E-state index contributed by atoms with van der Waals surface area (Å²) < 4.78 is 23.5. The van der Waals surface area contributed by atoms with Crippen LogP contribution in [0.15, 0.2) is 18.2 Å². The highest BCUT2D eigenvalue weighted by Crippen LogP contribution is 2.18. The number of hydrogen-bond acceptors (Lipinski definition) is 3. The Morgan fingerprint density at radius 2 is 1.95 bits per heavy atom. The predicted octanol–water partition coefficient (Wildman–Crippen LogP) is 3.50. The number of esters is 1. The minimum Gasteiger partial charge on any atom is -0.497 e. The maximum atomic E-state index is 13.3. The Kier molecular flexibility index (Phi) is 5.33. The van der Waals surface area contributed by atoms with E-state index >= 15 is 0 Å². The molecule has 0 bridgehead atoms. The first kappa shape index (κ1) is 15.5. The molecule has 0 saturated carbocycles. The molecule has 1 aromatic rings. The zero-order valence-electron chi connectivity index (χ0n) is 12.0. The Labute approximate surface area is 113 Å². The van der Waals surface area contributed by atoms with E-state index in [4.69, 9.17) is 9.47 Å². The normalized spacial score (nSPS) is 11.2. The van der Waals surface area contributed by atoms with Crippen molar-refractivity contribution in [1.82, 2.24) is 0 Å². The summed E-state index contributed by atoms with van der Waals surface area (Å²) in [6, 6.07) is 4.56. The van der Waals surface area contributed by atoms with E-state index in [0.29, 0.717) is 25.0 Å². The van der Waals surface area contributed by atoms with Crippen molar-refractivity contribution >= 4 is 5.97 Å². The molecule has 0 aliphatic carbocycles. The van der Waals surface area contributed by atoms with E-state index in [2.05, 4.69) is 0 Å². The third kappa shape index (κ3) is 6.22. The van der Waals surface area contributed by atoms with Crippen molar-refractivity contribution in [3.05, 3.63) is 29.6 Å². The van der Waals surface area contributed by atoms with Crippen molar-refractivity contribution in [3.63, 3.8) is 0 Å². The van der Waals surface area contributed by atoms with Gasteiger partial charge in [0.05, 0.1) is 7.11 Å². The van der Waals surface area contributed by atoms with Crippen molar-refractivity contribution < 1.29 is 18.7 Å². The largest absolute Gasteiger partial charge is 0.497 e. The van der Waals surface area contributed by atoms with Gasteiger partial charge in [-0.1, -0.05) is 0 Å². The van der Waals surface area contributed by atoms with Gasteiger partial charge in [-0.2, -0.15) is 0 Å². The molecule has 0 heterocycles. The van der Waals surface area contributed by atoms with Crippen LogP contribution >= 0.6 is 0 Å². The molecule has 0 N–H and O–H groups in total. The zero-order chi connectivity index (χ0) is 14.5. The Bertz CT molecular complexity index is 436. The van der Waals surface area contributed by atoms with Gasteiger partial charge in [0.1, 0.15) is 17.2 Å². The van der Waals surface area contributed by atoms with Crippen LogP contribution in [-0.2, 0) is 16.0 Å². The number of hydrogen-bond donors (Lipinski definition) is 0. The fourth-order valence-electron chi connectivity index (χ4n) is 1.71. The molecule has 19 heavy (non-hydrogen) atoms. The van der Waals surface area contributed by atoms with Crippen molar-refractivity contribution in [2.24, 2.45) is 0 Å². The second-order valence-corrected chi connectivity index (χ2v) is 5.44. The first-order valence-corrected chi connectivity index (χ1v) is 6.35. The maximum Gasteiger partial charge on any atom is 0.306 e. The van der Waals surface area contributed by atoms with E-state index in [9.17, 15) is 9.18 Å². The molecule has 1 rings (SSSR count). The number of carbonyl (C=O) groups excluding carboxylic acids is 1. The lowest BCUT2D eigenvalue weighted by atomic mass is 10.1. The van der Waals surface area contributed by atoms with Gasteiger partial charge in [-0.3, -0.25) is 4.79 Å². The van der Waals surface area contributed by atoms with Crippen LogP contribution in [0.2, 0.25) is 0 Å². The van der Waals surface area contributed by atoms with Gasteiger partial charge < -0.3 is 9.47 Å². The lowest BCUT2D eigenvalue weighted by Crippen LogP contribution is -2.23. The van der Waals surface area contributed by atoms with Gasteiger partial charge in [0.15, 0.2) is 0 Å². The van der Waals surface area contributed by atoms with Gasteiger partial charge in [0.25, 0.3) is 0 Å². The van der Waals surface area contributed by atoms with Crippen LogP contribution in [0.1, 0.15) is 39.2 Å². The van der Waals surface area contributed by atoms with Crippen LogP contribution in [0.5, 0.6) is 5.75 Å². The number of halogens is 1. The van der Waals surface area contributed by atoms with Gasteiger partial charge in [0.2, 0.25) is 0 Å². The monoisotopic (exact) mass is 268 g/mol. The quantitative estimate of drug-likeness (QED) is 0.767. The second-order valence-electron chi connectivity index (χ2n) is 5.44. The molecule has 0 fully saturated rings. The van der Waals surface area contributed by atoms with Gasteiger partial charge in [-0.05, 0) is 51.3 Å². The number of methoxy groups -OCH3 is 1. The van der Waals surface area contributed by atoms with E-state index in [0.717, 1.165) is 5.56 Å². The first-order chi connectivity index (χ1) is 8.80. The highest BCUT2D eigenvalue weighted by molar-refractivity contribution is 5.69. The van der Waals surface area contributed by atoms with Crippen LogP contribution in [0.3, 0.4) is 0 Å². The summed E-state index contributed by atoms with van der Waals surface area (Å²) in [4.78, 5) is 11.5. The third-order valence-electron chi connectivity index (χ3n) is 2.43. The molecule has 1 aromatic carbocycles. The molecule has 0 radical (unpaired) electrons. The van der Waals surface area contributed by atoms with Crippen LogP contribution in [0.25, 0.3) is 0 Å². The van der Waals surface area contributed by atoms with E-state index in [1.807, 2.05) is 20.8 Å². The van der Waals surface area contributed by atoms with E-state index in [1.165, 1.54) is 19.2 Å². The van der Waals surface area contributed by atoms with Crippen molar-refractivity contribution in [2.75, 3.05) is 7.11 Å². The minimum absolute atomic E-state index is 0.226. The smallest absolute Gasteiger partial charge is 0.306 e. The fourth-order valence-corrected chi connectivity index (χ4v) is 1.71. The van der Waals surface area contributed by atoms with E-state index < -0.39 is 5.60 Å². The van der Waals surface area contributed by atoms with Crippen LogP contribution in [0.4, 0.5) is 4.39 Å². The number of carbonyl (C=O) groups is 1. The van der Waals surface area contributed by atoms with Crippen molar-refractivity contribution in [2.45, 2.75) is 45.6 Å². The molecule has 0 aliphatic rings. The third-order valence-corrected chi connectivity index (χ3v) is 2.43. The molecular formula is C15H21FO3. The summed E-state index contributed by atoms with van der Waals surface area (Å²) in [7, 11) is 1.50. The summed E-state index contributed by atoms with van der Waals surface area (Å²) in [5.41, 5.74) is 0.361. The van der Waals surface area contributed by atoms with Crippen LogP contribution in [-0.4, -0.2) is 18.7 Å². The molecule has 3 nitrogen and oxygen atoms in total. The van der Waals surface area contributed by atoms with Gasteiger partial charge in [-0.25, -0.2) is 4.39 Å². The summed E-state index contributed by atoms with van der Waals surface area (Å²) in [6.07, 6.45) is 1.57. The second kappa shape index (κ2) is 6.55. The fraction of sp³-hybridized carbons (Fsp3) is 0.533. The van der Waals surface area contributed by atoms with E-state index in [-0.39, 0.29) is 11.8 Å². The van der Waals surface area contributed by atoms with Gasteiger partial charge in [0, 0.05) is 12.5 Å². The maximum absolute atomic E-state index is 13.3. The Morgan fingerprint density at radius 3 is 2.53 bits per heavy atom. The SMILES string of the molecule is COc1cc(F)cc(CCCC(=O)OC(C)(C)C)c1. The highest BCUT2D eigenvalue weighted by Gasteiger charge is 2.15. The molecule has 0 saturated heterocycles.